The molecule has 4 nitrogen and oxygen atoms in total. The van der Waals surface area contributed by atoms with Crippen LogP contribution in [-0.2, 0) is 16.6 Å². The van der Waals surface area contributed by atoms with Crippen molar-refractivity contribution in [3.8, 4) is 5.75 Å². The molecule has 0 spiro atoms. The molecule has 0 aliphatic carbocycles. The van der Waals surface area contributed by atoms with E-state index in [1.165, 1.54) is 23.5 Å². The summed E-state index contributed by atoms with van der Waals surface area (Å²) in [5, 5.41) is 9.25. The van der Waals surface area contributed by atoms with Crippen molar-refractivity contribution < 1.29 is 13.5 Å². The molecule has 0 heterocycles. The van der Waals surface area contributed by atoms with Gasteiger partial charge in [-0.05, 0) is 51.8 Å². The molecule has 112 valence electrons. The average Bonchev–Trinajstić information content (AvgIpc) is 2.40. The van der Waals surface area contributed by atoms with E-state index in [1.54, 1.807) is 30.3 Å². The van der Waals surface area contributed by atoms with Gasteiger partial charge in [0.2, 0.25) is 10.0 Å². The number of hydrogen-bond acceptors (Lipinski definition) is 3. The van der Waals surface area contributed by atoms with Gasteiger partial charge in [-0.1, -0.05) is 28.1 Å². The van der Waals surface area contributed by atoms with Crippen LogP contribution in [0.25, 0.3) is 0 Å². The molecule has 7 heteroatoms. The molecule has 0 atom stereocenters. The first-order valence-corrected chi connectivity index (χ1v) is 9.02. The number of halogens is 2. The van der Waals surface area contributed by atoms with Crippen molar-refractivity contribution in [2.75, 3.05) is 7.05 Å². The third kappa shape index (κ3) is 3.85. The summed E-state index contributed by atoms with van der Waals surface area (Å²) in [5.74, 6) is 0.153. The van der Waals surface area contributed by atoms with Gasteiger partial charge < -0.3 is 5.11 Å². The largest absolute Gasteiger partial charge is 0.508 e. The van der Waals surface area contributed by atoms with Crippen LogP contribution in [-0.4, -0.2) is 24.9 Å². The molecule has 0 saturated carbocycles. The summed E-state index contributed by atoms with van der Waals surface area (Å²) < 4.78 is 27.7. The Balaban J connectivity index is 2.28. The van der Waals surface area contributed by atoms with Crippen LogP contribution in [0.4, 0.5) is 0 Å². The fourth-order valence-electron chi connectivity index (χ4n) is 1.80. The number of phenols is 1. The zero-order valence-corrected chi connectivity index (χ0v) is 15.1. The van der Waals surface area contributed by atoms with Gasteiger partial charge in [0, 0.05) is 22.5 Å². The Morgan fingerprint density at radius 3 is 2.29 bits per heavy atom. The minimum Gasteiger partial charge on any atom is -0.508 e. The number of sulfonamides is 1. The van der Waals surface area contributed by atoms with Gasteiger partial charge in [0.05, 0.1) is 4.90 Å². The van der Waals surface area contributed by atoms with E-state index >= 15 is 0 Å². The summed E-state index contributed by atoms with van der Waals surface area (Å²) in [6.45, 7) is 0.227. The van der Waals surface area contributed by atoms with Gasteiger partial charge in [0.25, 0.3) is 0 Å². The Bertz CT molecular complexity index is 745. The second kappa shape index (κ2) is 6.48. The lowest BCUT2D eigenvalue weighted by Gasteiger charge is -2.18. The normalized spacial score (nSPS) is 11.8. The molecule has 0 amide bonds. The SMILES string of the molecule is CN(Cc1ccc(O)cc1)S(=O)(=O)c1ccc(Br)cc1Br. The Kier molecular flexibility index (Phi) is 5.08. The van der Waals surface area contributed by atoms with E-state index in [2.05, 4.69) is 31.9 Å². The number of nitrogens with zero attached hydrogens (tertiary/aromatic N) is 1. The summed E-state index contributed by atoms with van der Waals surface area (Å²) >= 11 is 6.58. The Hall–Kier alpha value is -0.890. The van der Waals surface area contributed by atoms with Crippen molar-refractivity contribution >= 4 is 41.9 Å². The van der Waals surface area contributed by atoms with Crippen molar-refractivity contribution in [2.24, 2.45) is 0 Å². The van der Waals surface area contributed by atoms with E-state index in [9.17, 15) is 13.5 Å². The van der Waals surface area contributed by atoms with Gasteiger partial charge in [-0.15, -0.1) is 0 Å². The predicted octanol–water partition coefficient (Wildman–Crippen LogP) is 3.74. The molecule has 1 N–H and O–H groups in total. The highest BCUT2D eigenvalue weighted by molar-refractivity contribution is 9.11. The van der Waals surface area contributed by atoms with Crippen LogP contribution < -0.4 is 0 Å². The Morgan fingerprint density at radius 1 is 1.10 bits per heavy atom. The van der Waals surface area contributed by atoms with Gasteiger partial charge in [0.15, 0.2) is 0 Å². The highest BCUT2D eigenvalue weighted by Gasteiger charge is 2.23. The Morgan fingerprint density at radius 2 is 1.71 bits per heavy atom. The van der Waals surface area contributed by atoms with Crippen LogP contribution in [0.3, 0.4) is 0 Å². The molecule has 0 unspecified atom stereocenters. The maximum atomic E-state index is 12.6. The fraction of sp³-hybridized carbons (Fsp3) is 0.143. The summed E-state index contributed by atoms with van der Waals surface area (Å²) in [4.78, 5) is 0.215. The van der Waals surface area contributed by atoms with Gasteiger partial charge in [-0.25, -0.2) is 8.42 Å². The van der Waals surface area contributed by atoms with Crippen LogP contribution in [0.1, 0.15) is 5.56 Å². The second-order valence-corrected chi connectivity index (χ2v) is 8.29. The smallest absolute Gasteiger partial charge is 0.244 e. The summed E-state index contributed by atoms with van der Waals surface area (Å²) in [6, 6.07) is 11.4. The molecular formula is C14H13Br2NO3S. The van der Waals surface area contributed by atoms with Gasteiger partial charge in [-0.3, -0.25) is 0 Å². The summed E-state index contributed by atoms with van der Waals surface area (Å²) in [6.07, 6.45) is 0. The maximum absolute atomic E-state index is 12.6. The summed E-state index contributed by atoms with van der Waals surface area (Å²) in [7, 11) is -2.07. The standard InChI is InChI=1S/C14H13Br2NO3S/c1-17(9-10-2-5-12(18)6-3-10)21(19,20)14-7-4-11(15)8-13(14)16/h2-8,18H,9H2,1H3. The number of rotatable bonds is 4. The molecule has 0 fully saturated rings. The van der Waals surface area contributed by atoms with Crippen LogP contribution >= 0.6 is 31.9 Å². The molecule has 0 saturated heterocycles. The average molecular weight is 435 g/mol. The molecule has 2 aromatic carbocycles. The summed E-state index contributed by atoms with van der Waals surface area (Å²) in [5.41, 5.74) is 0.798. The second-order valence-electron chi connectivity index (χ2n) is 4.50. The molecule has 2 rings (SSSR count). The highest BCUT2D eigenvalue weighted by atomic mass is 79.9. The van der Waals surface area contributed by atoms with E-state index < -0.39 is 10.0 Å². The third-order valence-electron chi connectivity index (χ3n) is 2.92. The maximum Gasteiger partial charge on any atom is 0.244 e. The molecule has 0 bridgehead atoms. The van der Waals surface area contributed by atoms with Crippen molar-refractivity contribution in [3.63, 3.8) is 0 Å². The van der Waals surface area contributed by atoms with Crippen LogP contribution in [0.2, 0.25) is 0 Å². The van der Waals surface area contributed by atoms with Crippen molar-refractivity contribution in [3.05, 3.63) is 57.0 Å². The Labute approximate surface area is 140 Å². The molecule has 0 aliphatic rings. The van der Waals surface area contributed by atoms with E-state index in [4.69, 9.17) is 0 Å². The number of aromatic hydroxyl groups is 1. The van der Waals surface area contributed by atoms with Gasteiger partial charge in [-0.2, -0.15) is 4.31 Å². The topological polar surface area (TPSA) is 57.6 Å². The molecule has 0 radical (unpaired) electrons. The molecular weight excluding hydrogens is 422 g/mol. The van der Waals surface area contributed by atoms with Crippen molar-refractivity contribution in [1.82, 2.24) is 4.31 Å². The quantitative estimate of drug-likeness (QED) is 0.797. The lowest BCUT2D eigenvalue weighted by Crippen LogP contribution is -2.26. The van der Waals surface area contributed by atoms with E-state index in [-0.39, 0.29) is 17.2 Å². The van der Waals surface area contributed by atoms with E-state index in [0.717, 1.165) is 10.0 Å². The van der Waals surface area contributed by atoms with Gasteiger partial charge in [0.1, 0.15) is 5.75 Å². The first kappa shape index (κ1) is 16.5. The fourth-order valence-corrected chi connectivity index (χ4v) is 4.66. The van der Waals surface area contributed by atoms with Crippen LogP contribution in [0.15, 0.2) is 56.3 Å². The lowest BCUT2D eigenvalue weighted by molar-refractivity contribution is 0.463. The predicted molar refractivity (Wildman–Crippen MR) is 88.6 cm³/mol. The molecule has 2 aromatic rings. The molecule has 0 aliphatic heterocycles. The van der Waals surface area contributed by atoms with Crippen LogP contribution in [0.5, 0.6) is 5.75 Å². The zero-order valence-electron chi connectivity index (χ0n) is 11.1. The molecule has 21 heavy (non-hydrogen) atoms. The third-order valence-corrected chi connectivity index (χ3v) is 6.20. The number of hydrogen-bond donors (Lipinski definition) is 1. The minimum absolute atomic E-state index is 0.153. The van der Waals surface area contributed by atoms with Crippen molar-refractivity contribution in [2.45, 2.75) is 11.4 Å². The van der Waals surface area contributed by atoms with Crippen molar-refractivity contribution in [1.29, 1.82) is 0 Å². The highest BCUT2D eigenvalue weighted by Crippen LogP contribution is 2.28. The monoisotopic (exact) mass is 433 g/mol. The van der Waals surface area contributed by atoms with E-state index in [1.807, 2.05) is 0 Å². The zero-order chi connectivity index (χ0) is 15.6. The number of phenolic OH excluding ortho intramolecular Hbond substituents is 1. The first-order valence-electron chi connectivity index (χ1n) is 6.00. The minimum atomic E-state index is -3.59. The molecule has 0 aromatic heterocycles. The number of benzene rings is 2. The van der Waals surface area contributed by atoms with E-state index in [0.29, 0.717) is 4.47 Å². The van der Waals surface area contributed by atoms with Gasteiger partial charge >= 0.3 is 0 Å². The first-order chi connectivity index (χ1) is 9.80. The lowest BCUT2D eigenvalue weighted by atomic mass is 10.2. The van der Waals surface area contributed by atoms with Crippen LogP contribution in [0, 0.1) is 0 Å².